The van der Waals surface area contributed by atoms with Crippen molar-refractivity contribution < 1.29 is 10.2 Å². The summed E-state index contributed by atoms with van der Waals surface area (Å²) in [5.41, 5.74) is 0.945. The molecule has 3 unspecified atom stereocenters. The normalized spacial score (nSPS) is 25.5. The van der Waals surface area contributed by atoms with E-state index < -0.39 is 6.10 Å². The van der Waals surface area contributed by atoms with Crippen molar-refractivity contribution in [3.05, 3.63) is 35.9 Å². The molecule has 0 saturated carbocycles. The molecule has 3 atom stereocenters. The highest BCUT2D eigenvalue weighted by Crippen LogP contribution is 2.23. The number of piperidine rings is 1. The number of aliphatic hydroxyl groups is 2. The summed E-state index contributed by atoms with van der Waals surface area (Å²) >= 11 is 0. The molecule has 0 aliphatic carbocycles. The van der Waals surface area contributed by atoms with Crippen LogP contribution in [0.1, 0.15) is 31.4 Å². The van der Waals surface area contributed by atoms with Crippen LogP contribution in [-0.4, -0.2) is 40.3 Å². The average Bonchev–Trinajstić information content (AvgIpc) is 2.38. The quantitative estimate of drug-likeness (QED) is 0.835. The number of likely N-dealkylation sites (tertiary alicyclic amines) is 1. The zero-order valence-corrected chi connectivity index (χ0v) is 10.3. The van der Waals surface area contributed by atoms with Crippen molar-refractivity contribution in [2.45, 2.75) is 38.0 Å². The zero-order valence-electron chi connectivity index (χ0n) is 10.3. The lowest BCUT2D eigenvalue weighted by atomic mass is 9.99. The van der Waals surface area contributed by atoms with Crippen LogP contribution in [0.5, 0.6) is 0 Å². The number of benzene rings is 1. The van der Waals surface area contributed by atoms with Gasteiger partial charge in [-0.05, 0) is 31.9 Å². The number of β-amino-alcohol motifs (C(OH)–C–C–N with tert-alkyl or cyclic N) is 1. The minimum absolute atomic E-state index is 0.0485. The highest BCUT2D eigenvalue weighted by Gasteiger charge is 2.27. The third-order valence-corrected chi connectivity index (χ3v) is 3.60. The third-order valence-electron chi connectivity index (χ3n) is 3.60. The summed E-state index contributed by atoms with van der Waals surface area (Å²) in [5, 5.41) is 20.0. The van der Waals surface area contributed by atoms with Gasteiger partial charge in [-0.3, -0.25) is 4.90 Å². The van der Waals surface area contributed by atoms with E-state index in [1.807, 2.05) is 37.3 Å². The van der Waals surface area contributed by atoms with Crippen LogP contribution >= 0.6 is 0 Å². The van der Waals surface area contributed by atoms with Crippen molar-refractivity contribution >= 4 is 0 Å². The SMILES string of the molecule is CC(C(O)c1ccccc1)N1CCCC(O)C1. The minimum atomic E-state index is -0.485. The molecule has 1 aliphatic rings. The second kappa shape index (κ2) is 5.63. The molecule has 2 N–H and O–H groups in total. The first-order valence-electron chi connectivity index (χ1n) is 6.33. The molecule has 0 amide bonds. The number of hydrogen-bond acceptors (Lipinski definition) is 3. The Labute approximate surface area is 103 Å². The molecule has 1 aromatic carbocycles. The van der Waals surface area contributed by atoms with Crippen LogP contribution in [0.3, 0.4) is 0 Å². The van der Waals surface area contributed by atoms with Crippen molar-refractivity contribution in [2.24, 2.45) is 0 Å². The Morgan fingerprint density at radius 3 is 2.65 bits per heavy atom. The maximum absolute atomic E-state index is 10.3. The minimum Gasteiger partial charge on any atom is -0.392 e. The van der Waals surface area contributed by atoms with E-state index in [9.17, 15) is 10.2 Å². The van der Waals surface area contributed by atoms with Crippen molar-refractivity contribution in [2.75, 3.05) is 13.1 Å². The molecule has 1 aromatic rings. The molecule has 3 heteroatoms. The van der Waals surface area contributed by atoms with Gasteiger partial charge < -0.3 is 10.2 Å². The Bertz CT molecular complexity index is 341. The van der Waals surface area contributed by atoms with Crippen LogP contribution in [0.2, 0.25) is 0 Å². The van der Waals surface area contributed by atoms with Crippen LogP contribution in [-0.2, 0) is 0 Å². The lowest BCUT2D eigenvalue weighted by molar-refractivity contribution is 0.00272. The summed E-state index contributed by atoms with van der Waals surface area (Å²) in [5.74, 6) is 0. The Kier molecular flexibility index (Phi) is 4.15. The van der Waals surface area contributed by atoms with E-state index in [-0.39, 0.29) is 12.1 Å². The molecular formula is C14H21NO2. The molecule has 1 saturated heterocycles. The van der Waals surface area contributed by atoms with E-state index in [1.165, 1.54) is 0 Å². The van der Waals surface area contributed by atoms with Crippen LogP contribution < -0.4 is 0 Å². The maximum Gasteiger partial charge on any atom is 0.0942 e. The van der Waals surface area contributed by atoms with Gasteiger partial charge in [-0.15, -0.1) is 0 Å². The Hall–Kier alpha value is -0.900. The van der Waals surface area contributed by atoms with Crippen molar-refractivity contribution in [3.8, 4) is 0 Å². The summed E-state index contributed by atoms with van der Waals surface area (Å²) < 4.78 is 0. The van der Waals surface area contributed by atoms with Crippen molar-refractivity contribution in [1.29, 1.82) is 0 Å². The fourth-order valence-corrected chi connectivity index (χ4v) is 2.48. The molecule has 0 bridgehead atoms. The molecule has 1 fully saturated rings. The zero-order chi connectivity index (χ0) is 12.3. The van der Waals surface area contributed by atoms with Gasteiger partial charge in [-0.25, -0.2) is 0 Å². The molecule has 0 spiro atoms. The first-order valence-corrected chi connectivity index (χ1v) is 6.33. The maximum atomic E-state index is 10.3. The largest absolute Gasteiger partial charge is 0.392 e. The molecule has 0 aromatic heterocycles. The van der Waals surface area contributed by atoms with Crippen LogP contribution in [0.25, 0.3) is 0 Å². The first-order chi connectivity index (χ1) is 8.18. The number of nitrogens with zero attached hydrogens (tertiary/aromatic N) is 1. The summed E-state index contributed by atoms with van der Waals surface area (Å²) in [6.07, 6.45) is 1.16. The van der Waals surface area contributed by atoms with E-state index in [2.05, 4.69) is 4.90 Å². The van der Waals surface area contributed by atoms with Gasteiger partial charge in [0.2, 0.25) is 0 Å². The summed E-state index contributed by atoms with van der Waals surface area (Å²) in [6, 6.07) is 9.77. The van der Waals surface area contributed by atoms with E-state index >= 15 is 0 Å². The number of rotatable bonds is 3. The van der Waals surface area contributed by atoms with Gasteiger partial charge in [-0.2, -0.15) is 0 Å². The molecule has 1 aliphatic heterocycles. The van der Waals surface area contributed by atoms with Gasteiger partial charge >= 0.3 is 0 Å². The molecule has 1 heterocycles. The standard InChI is InChI=1S/C14H21NO2/c1-11(15-9-5-8-13(16)10-15)14(17)12-6-3-2-4-7-12/h2-4,6-7,11,13-14,16-17H,5,8-10H2,1H3. The second-order valence-electron chi connectivity index (χ2n) is 4.89. The van der Waals surface area contributed by atoms with Crippen LogP contribution in [0.15, 0.2) is 30.3 Å². The average molecular weight is 235 g/mol. The van der Waals surface area contributed by atoms with Gasteiger partial charge in [0, 0.05) is 12.6 Å². The highest BCUT2D eigenvalue weighted by molar-refractivity contribution is 5.18. The van der Waals surface area contributed by atoms with E-state index in [0.29, 0.717) is 6.54 Å². The van der Waals surface area contributed by atoms with Crippen molar-refractivity contribution in [3.63, 3.8) is 0 Å². The van der Waals surface area contributed by atoms with Crippen LogP contribution in [0.4, 0.5) is 0 Å². The highest BCUT2D eigenvalue weighted by atomic mass is 16.3. The lowest BCUT2D eigenvalue weighted by Gasteiger charge is -2.37. The predicted octanol–water partition coefficient (Wildman–Crippen LogP) is 1.57. The summed E-state index contributed by atoms with van der Waals surface area (Å²) in [6.45, 7) is 3.66. The van der Waals surface area contributed by atoms with E-state index in [1.54, 1.807) is 0 Å². The third kappa shape index (κ3) is 3.06. The summed E-state index contributed by atoms with van der Waals surface area (Å²) in [7, 11) is 0. The predicted molar refractivity (Wildman–Crippen MR) is 67.7 cm³/mol. The Morgan fingerprint density at radius 2 is 2.00 bits per heavy atom. The molecule has 2 rings (SSSR count). The molecule has 17 heavy (non-hydrogen) atoms. The molecular weight excluding hydrogens is 214 g/mol. The Balaban J connectivity index is 2.01. The van der Waals surface area contributed by atoms with Crippen molar-refractivity contribution in [1.82, 2.24) is 4.90 Å². The number of hydrogen-bond donors (Lipinski definition) is 2. The number of aliphatic hydroxyl groups excluding tert-OH is 2. The fourth-order valence-electron chi connectivity index (χ4n) is 2.48. The molecule has 3 nitrogen and oxygen atoms in total. The van der Waals surface area contributed by atoms with Crippen LogP contribution in [0, 0.1) is 0 Å². The van der Waals surface area contributed by atoms with Gasteiger partial charge in [0.25, 0.3) is 0 Å². The Morgan fingerprint density at radius 1 is 1.29 bits per heavy atom. The van der Waals surface area contributed by atoms with Gasteiger partial charge in [0.05, 0.1) is 12.2 Å². The first kappa shape index (κ1) is 12.6. The van der Waals surface area contributed by atoms with E-state index in [4.69, 9.17) is 0 Å². The summed E-state index contributed by atoms with van der Waals surface area (Å²) in [4.78, 5) is 2.17. The van der Waals surface area contributed by atoms with Gasteiger partial charge in [0.1, 0.15) is 0 Å². The molecule has 94 valence electrons. The van der Waals surface area contributed by atoms with Gasteiger partial charge in [0.15, 0.2) is 0 Å². The second-order valence-corrected chi connectivity index (χ2v) is 4.89. The van der Waals surface area contributed by atoms with E-state index in [0.717, 1.165) is 24.9 Å². The lowest BCUT2D eigenvalue weighted by Crippen LogP contribution is -2.45. The monoisotopic (exact) mass is 235 g/mol. The smallest absolute Gasteiger partial charge is 0.0942 e. The fraction of sp³-hybridized carbons (Fsp3) is 0.571. The topological polar surface area (TPSA) is 43.7 Å². The molecule has 0 radical (unpaired) electrons. The van der Waals surface area contributed by atoms with Gasteiger partial charge in [-0.1, -0.05) is 30.3 Å².